The lowest BCUT2D eigenvalue weighted by molar-refractivity contribution is -0.931. The van der Waals surface area contributed by atoms with Gasteiger partial charge in [-0.2, -0.15) is 0 Å². The van der Waals surface area contributed by atoms with Gasteiger partial charge in [-0.05, 0) is 51.2 Å². The molecule has 112 valence electrons. The lowest BCUT2D eigenvalue weighted by Gasteiger charge is -2.31. The average molecular weight is 278 g/mol. The molecule has 3 heteroatoms. The Balaban J connectivity index is 1.84. The second-order valence-corrected chi connectivity index (χ2v) is 6.19. The molecule has 2 rings (SSSR count). The van der Waals surface area contributed by atoms with E-state index in [4.69, 9.17) is 4.74 Å². The molecule has 1 aromatic carbocycles. The predicted molar refractivity (Wildman–Crippen MR) is 81.4 cm³/mol. The monoisotopic (exact) mass is 278 g/mol. The summed E-state index contributed by atoms with van der Waals surface area (Å²) in [4.78, 5) is 1.52. The van der Waals surface area contributed by atoms with Gasteiger partial charge in [0.2, 0.25) is 0 Å². The van der Waals surface area contributed by atoms with Crippen LogP contribution < -0.4 is 9.64 Å². The van der Waals surface area contributed by atoms with Crippen molar-refractivity contribution in [3.8, 4) is 5.75 Å². The number of aryl methyl sites for hydroxylation is 2. The molecule has 0 spiro atoms. The largest absolute Gasteiger partial charge is 0.490 e. The van der Waals surface area contributed by atoms with Crippen molar-refractivity contribution in [2.45, 2.75) is 52.2 Å². The number of hydrogen-bond donors (Lipinski definition) is 2. The molecule has 1 aliphatic heterocycles. The van der Waals surface area contributed by atoms with Crippen LogP contribution in [0.25, 0.3) is 0 Å². The summed E-state index contributed by atoms with van der Waals surface area (Å²) < 4.78 is 5.84. The summed E-state index contributed by atoms with van der Waals surface area (Å²) in [5.74, 6) is 0.924. The predicted octanol–water partition coefficient (Wildman–Crippen LogP) is 1.50. The van der Waals surface area contributed by atoms with Crippen LogP contribution in [0.15, 0.2) is 18.2 Å². The van der Waals surface area contributed by atoms with E-state index in [9.17, 15) is 5.11 Å². The van der Waals surface area contributed by atoms with Crippen molar-refractivity contribution in [3.05, 3.63) is 29.3 Å². The number of benzene rings is 1. The average Bonchev–Trinajstić information content (AvgIpc) is 2.41. The van der Waals surface area contributed by atoms with Crippen LogP contribution in [0, 0.1) is 13.8 Å². The normalized spacial score (nSPS) is 24.4. The van der Waals surface area contributed by atoms with Gasteiger partial charge in [0.25, 0.3) is 0 Å². The Morgan fingerprint density at radius 3 is 2.65 bits per heavy atom. The van der Waals surface area contributed by atoms with E-state index in [-0.39, 0.29) is 6.10 Å². The molecule has 0 radical (unpaired) electrons. The molecular formula is C17H28NO2+. The standard InChI is InChI=1S/C17H27NO2/c1-13-7-6-8-14(2)17(13)20-12-16(19)11-18-10-5-4-9-15(18)3/h6-8,15-16,19H,4-5,9-12H2,1-3H3/p+1/t15-,16-/m0/s1. The first kappa shape index (κ1) is 15.3. The van der Waals surface area contributed by atoms with Gasteiger partial charge in [0.15, 0.2) is 0 Å². The molecule has 0 bridgehead atoms. The van der Waals surface area contributed by atoms with Gasteiger partial charge in [-0.3, -0.25) is 0 Å². The summed E-state index contributed by atoms with van der Waals surface area (Å²) in [7, 11) is 0. The zero-order chi connectivity index (χ0) is 14.5. The van der Waals surface area contributed by atoms with E-state index >= 15 is 0 Å². The Morgan fingerprint density at radius 2 is 2.00 bits per heavy atom. The summed E-state index contributed by atoms with van der Waals surface area (Å²) in [6, 6.07) is 6.80. The highest BCUT2D eigenvalue weighted by Gasteiger charge is 2.24. The number of hydrogen-bond acceptors (Lipinski definition) is 2. The van der Waals surface area contributed by atoms with Gasteiger partial charge in [0, 0.05) is 0 Å². The fraction of sp³-hybridized carbons (Fsp3) is 0.647. The van der Waals surface area contributed by atoms with Crippen LogP contribution in [0.2, 0.25) is 0 Å². The minimum Gasteiger partial charge on any atom is -0.490 e. The third-order valence-electron chi connectivity index (χ3n) is 4.41. The molecule has 1 aromatic rings. The summed E-state index contributed by atoms with van der Waals surface area (Å²) in [6.07, 6.45) is 3.51. The van der Waals surface area contributed by atoms with Crippen LogP contribution in [0.3, 0.4) is 0 Å². The zero-order valence-electron chi connectivity index (χ0n) is 13.0. The Hall–Kier alpha value is -1.06. The first-order valence-corrected chi connectivity index (χ1v) is 7.79. The summed E-state index contributed by atoms with van der Waals surface area (Å²) in [5.41, 5.74) is 2.27. The van der Waals surface area contributed by atoms with Crippen molar-refractivity contribution in [1.29, 1.82) is 0 Å². The van der Waals surface area contributed by atoms with Crippen LogP contribution >= 0.6 is 0 Å². The zero-order valence-corrected chi connectivity index (χ0v) is 13.0. The van der Waals surface area contributed by atoms with Crippen LogP contribution in [0.5, 0.6) is 5.75 Å². The fourth-order valence-electron chi connectivity index (χ4n) is 3.12. The molecule has 0 saturated carbocycles. The number of rotatable bonds is 5. The maximum atomic E-state index is 10.2. The van der Waals surface area contributed by atoms with Crippen LogP contribution in [-0.2, 0) is 0 Å². The maximum absolute atomic E-state index is 10.2. The molecule has 1 unspecified atom stereocenters. The number of aliphatic hydroxyl groups excluding tert-OH is 1. The van der Waals surface area contributed by atoms with Crippen molar-refractivity contribution in [1.82, 2.24) is 0 Å². The molecule has 0 aromatic heterocycles. The van der Waals surface area contributed by atoms with Gasteiger partial charge in [-0.25, -0.2) is 0 Å². The topological polar surface area (TPSA) is 33.9 Å². The summed E-state index contributed by atoms with van der Waals surface area (Å²) >= 11 is 0. The van der Waals surface area contributed by atoms with Gasteiger partial charge in [0.05, 0.1) is 12.6 Å². The fourth-order valence-corrected chi connectivity index (χ4v) is 3.12. The minimum absolute atomic E-state index is 0.385. The molecule has 1 saturated heterocycles. The van der Waals surface area contributed by atoms with Gasteiger partial charge in [-0.15, -0.1) is 0 Å². The molecule has 1 aliphatic rings. The highest BCUT2D eigenvalue weighted by atomic mass is 16.5. The maximum Gasteiger partial charge on any atom is 0.137 e. The van der Waals surface area contributed by atoms with Gasteiger partial charge in [0.1, 0.15) is 25.0 Å². The SMILES string of the molecule is Cc1cccc(C)c1OC[C@@H](O)C[NH+]1CCCC[C@@H]1C. The Kier molecular flexibility index (Phi) is 5.44. The third kappa shape index (κ3) is 3.97. The second-order valence-electron chi connectivity index (χ2n) is 6.19. The van der Waals surface area contributed by atoms with E-state index in [0.29, 0.717) is 12.6 Å². The number of ether oxygens (including phenoxy) is 1. The van der Waals surface area contributed by atoms with E-state index in [0.717, 1.165) is 23.4 Å². The van der Waals surface area contributed by atoms with E-state index in [1.54, 1.807) is 0 Å². The summed E-state index contributed by atoms with van der Waals surface area (Å²) in [6.45, 7) is 8.75. The van der Waals surface area contributed by atoms with Crippen molar-refractivity contribution < 1.29 is 14.7 Å². The van der Waals surface area contributed by atoms with Crippen molar-refractivity contribution >= 4 is 0 Å². The lowest BCUT2D eigenvalue weighted by Crippen LogP contribution is -3.17. The number of piperidine rings is 1. The first-order valence-electron chi connectivity index (χ1n) is 7.79. The minimum atomic E-state index is -0.385. The van der Waals surface area contributed by atoms with E-state index in [2.05, 4.69) is 6.92 Å². The van der Waals surface area contributed by atoms with Gasteiger partial charge < -0.3 is 14.7 Å². The van der Waals surface area contributed by atoms with Crippen LogP contribution in [-0.4, -0.2) is 36.9 Å². The van der Waals surface area contributed by atoms with Gasteiger partial charge in [-0.1, -0.05) is 18.2 Å². The smallest absolute Gasteiger partial charge is 0.137 e. The van der Waals surface area contributed by atoms with Crippen molar-refractivity contribution in [2.24, 2.45) is 0 Å². The Bertz CT molecular complexity index is 413. The number of nitrogens with one attached hydrogen (secondary N) is 1. The number of para-hydroxylation sites is 1. The number of likely N-dealkylation sites (tertiary alicyclic amines) is 1. The van der Waals surface area contributed by atoms with E-state index in [1.165, 1.54) is 30.7 Å². The molecule has 0 aliphatic carbocycles. The van der Waals surface area contributed by atoms with E-state index < -0.39 is 0 Å². The molecule has 1 heterocycles. The molecule has 3 nitrogen and oxygen atoms in total. The highest BCUT2D eigenvalue weighted by molar-refractivity contribution is 5.39. The highest BCUT2D eigenvalue weighted by Crippen LogP contribution is 2.22. The Morgan fingerprint density at radius 1 is 1.30 bits per heavy atom. The third-order valence-corrected chi connectivity index (χ3v) is 4.41. The van der Waals surface area contributed by atoms with Crippen LogP contribution in [0.4, 0.5) is 0 Å². The number of aliphatic hydroxyl groups is 1. The Labute approximate surface area is 122 Å². The quantitative estimate of drug-likeness (QED) is 0.856. The molecule has 20 heavy (non-hydrogen) atoms. The van der Waals surface area contributed by atoms with E-state index in [1.807, 2.05) is 32.0 Å². The second kappa shape index (κ2) is 7.09. The first-order chi connectivity index (χ1) is 9.58. The molecule has 2 N–H and O–H groups in total. The van der Waals surface area contributed by atoms with Gasteiger partial charge >= 0.3 is 0 Å². The molecular weight excluding hydrogens is 250 g/mol. The number of quaternary nitrogens is 1. The molecule has 1 fully saturated rings. The lowest BCUT2D eigenvalue weighted by atomic mass is 10.0. The van der Waals surface area contributed by atoms with Crippen molar-refractivity contribution in [3.63, 3.8) is 0 Å². The molecule has 0 amide bonds. The molecule has 3 atom stereocenters. The summed E-state index contributed by atoms with van der Waals surface area (Å²) in [5, 5.41) is 10.2. The van der Waals surface area contributed by atoms with Crippen molar-refractivity contribution in [2.75, 3.05) is 19.7 Å². The van der Waals surface area contributed by atoms with Crippen LogP contribution in [0.1, 0.15) is 37.3 Å².